The van der Waals surface area contributed by atoms with Crippen LogP contribution in [0, 0.1) is 6.92 Å². The van der Waals surface area contributed by atoms with Crippen molar-refractivity contribution in [2.75, 3.05) is 25.5 Å². The minimum absolute atomic E-state index is 0.00422. The molecule has 1 heterocycles. The topological polar surface area (TPSA) is 41.6 Å². The predicted molar refractivity (Wildman–Crippen MR) is 113 cm³/mol. The summed E-state index contributed by atoms with van der Waals surface area (Å²) in [5.74, 6) is 0.870. The Kier molecular flexibility index (Phi) is 6.80. The summed E-state index contributed by atoms with van der Waals surface area (Å²) < 4.78 is 6.06. The third-order valence-electron chi connectivity index (χ3n) is 4.79. The number of likely N-dealkylation sites (tertiary alicyclic amines) is 1. The molecule has 2 aromatic rings. The van der Waals surface area contributed by atoms with Crippen LogP contribution in [0.2, 0.25) is 0 Å². The van der Waals surface area contributed by atoms with Crippen LogP contribution < -0.4 is 10.1 Å². The number of rotatable bonds is 6. The lowest BCUT2D eigenvalue weighted by Gasteiger charge is -2.29. The van der Waals surface area contributed by atoms with Gasteiger partial charge in [0, 0.05) is 23.7 Å². The maximum Gasteiger partial charge on any atom is 0.237 e. The number of hydrogen-bond acceptors (Lipinski definition) is 4. The van der Waals surface area contributed by atoms with Crippen LogP contribution in [0.3, 0.4) is 0 Å². The van der Waals surface area contributed by atoms with Gasteiger partial charge in [-0.25, -0.2) is 0 Å². The van der Waals surface area contributed by atoms with Crippen LogP contribution in [-0.2, 0) is 4.79 Å². The van der Waals surface area contributed by atoms with Crippen LogP contribution in [-0.4, -0.2) is 42.3 Å². The van der Waals surface area contributed by atoms with E-state index in [1.165, 1.54) is 5.56 Å². The maximum absolute atomic E-state index is 12.4. The van der Waals surface area contributed by atoms with Crippen molar-refractivity contribution in [2.45, 2.75) is 42.9 Å². The average molecular weight is 385 g/mol. The number of amides is 1. The first-order chi connectivity index (χ1) is 13.0. The van der Waals surface area contributed by atoms with E-state index in [0.29, 0.717) is 0 Å². The third-order valence-corrected chi connectivity index (χ3v) is 5.91. The van der Waals surface area contributed by atoms with Gasteiger partial charge in [0.1, 0.15) is 11.9 Å². The maximum atomic E-state index is 12.4. The number of hydrogen-bond donors (Lipinski definition) is 1. The minimum Gasteiger partial charge on any atom is -0.490 e. The van der Waals surface area contributed by atoms with Gasteiger partial charge in [0.15, 0.2) is 0 Å². The second-order valence-electron chi connectivity index (χ2n) is 7.21. The highest BCUT2D eigenvalue weighted by Gasteiger charge is 2.18. The smallest absolute Gasteiger partial charge is 0.237 e. The summed E-state index contributed by atoms with van der Waals surface area (Å²) >= 11 is 1.57. The van der Waals surface area contributed by atoms with E-state index in [-0.39, 0.29) is 17.3 Å². The lowest BCUT2D eigenvalue weighted by Crippen LogP contribution is -2.35. The Morgan fingerprint density at radius 1 is 1.11 bits per heavy atom. The zero-order valence-corrected chi connectivity index (χ0v) is 17.1. The van der Waals surface area contributed by atoms with E-state index in [0.717, 1.165) is 42.3 Å². The number of piperidine rings is 1. The number of benzene rings is 2. The summed E-state index contributed by atoms with van der Waals surface area (Å²) in [5.41, 5.74) is 2.02. The highest BCUT2D eigenvalue weighted by atomic mass is 32.2. The Bertz CT molecular complexity index is 738. The number of nitrogens with one attached hydrogen (secondary N) is 1. The lowest BCUT2D eigenvalue weighted by atomic mass is 10.1. The number of ether oxygens (including phenoxy) is 1. The number of thioether (sulfide) groups is 1. The van der Waals surface area contributed by atoms with Crippen LogP contribution in [0.4, 0.5) is 5.69 Å². The van der Waals surface area contributed by atoms with Crippen molar-refractivity contribution in [3.63, 3.8) is 0 Å². The van der Waals surface area contributed by atoms with E-state index in [4.69, 9.17) is 4.74 Å². The van der Waals surface area contributed by atoms with Gasteiger partial charge in [0.25, 0.3) is 0 Å². The van der Waals surface area contributed by atoms with Crippen molar-refractivity contribution in [3.05, 3.63) is 54.1 Å². The van der Waals surface area contributed by atoms with Crippen molar-refractivity contribution >= 4 is 23.4 Å². The number of carbonyl (C=O) groups excluding carboxylic acids is 1. The van der Waals surface area contributed by atoms with Gasteiger partial charge < -0.3 is 15.0 Å². The molecule has 0 aromatic heterocycles. The molecular weight excluding hydrogens is 356 g/mol. The number of anilines is 1. The molecule has 27 heavy (non-hydrogen) atoms. The molecule has 1 saturated heterocycles. The van der Waals surface area contributed by atoms with Crippen molar-refractivity contribution in [1.29, 1.82) is 0 Å². The highest BCUT2D eigenvalue weighted by molar-refractivity contribution is 8.00. The highest BCUT2D eigenvalue weighted by Crippen LogP contribution is 2.25. The molecule has 1 amide bonds. The molecule has 2 aromatic carbocycles. The number of nitrogens with zero attached hydrogens (tertiary/aromatic N) is 1. The van der Waals surface area contributed by atoms with Gasteiger partial charge in [-0.1, -0.05) is 17.7 Å². The summed E-state index contributed by atoms with van der Waals surface area (Å²) in [5, 5.41) is 2.82. The van der Waals surface area contributed by atoms with Crippen LogP contribution in [0.5, 0.6) is 5.75 Å². The molecule has 144 valence electrons. The van der Waals surface area contributed by atoms with Gasteiger partial charge in [-0.05, 0) is 70.1 Å². The Labute approximate surface area is 166 Å². The Hall–Kier alpha value is -1.98. The predicted octanol–water partition coefficient (Wildman–Crippen LogP) is 4.59. The lowest BCUT2D eigenvalue weighted by molar-refractivity contribution is -0.115. The molecule has 1 aliphatic rings. The molecule has 0 bridgehead atoms. The first-order valence-electron chi connectivity index (χ1n) is 9.49. The normalized spacial score (nSPS) is 16.7. The minimum atomic E-state index is -0.164. The monoisotopic (exact) mass is 384 g/mol. The molecule has 0 saturated carbocycles. The van der Waals surface area contributed by atoms with E-state index in [9.17, 15) is 4.79 Å². The fourth-order valence-electron chi connectivity index (χ4n) is 3.03. The Morgan fingerprint density at radius 3 is 2.37 bits per heavy atom. The van der Waals surface area contributed by atoms with E-state index in [1.54, 1.807) is 11.8 Å². The summed E-state index contributed by atoms with van der Waals surface area (Å²) in [6, 6.07) is 15.9. The molecule has 0 radical (unpaired) electrons. The standard InChI is InChI=1S/C22H28N2O2S/c1-16-4-10-21(11-5-16)27-17(2)22(25)23-18-6-8-19(9-7-18)26-20-12-14-24(3)15-13-20/h4-11,17,20H,12-15H2,1-3H3,(H,23,25). The van der Waals surface area contributed by atoms with Gasteiger partial charge in [-0.3, -0.25) is 4.79 Å². The largest absolute Gasteiger partial charge is 0.490 e. The third kappa shape index (κ3) is 6.01. The number of aryl methyl sites for hydroxylation is 1. The molecule has 3 rings (SSSR count). The molecule has 1 unspecified atom stereocenters. The van der Waals surface area contributed by atoms with Crippen LogP contribution in [0.15, 0.2) is 53.4 Å². The van der Waals surface area contributed by atoms with Crippen LogP contribution >= 0.6 is 11.8 Å². The Morgan fingerprint density at radius 2 is 1.74 bits per heavy atom. The van der Waals surface area contributed by atoms with Gasteiger partial charge in [-0.2, -0.15) is 0 Å². The van der Waals surface area contributed by atoms with Crippen molar-refractivity contribution in [1.82, 2.24) is 4.90 Å². The molecule has 0 spiro atoms. The molecule has 0 aliphatic carbocycles. The first kappa shape index (κ1) is 19.8. The fraction of sp³-hybridized carbons (Fsp3) is 0.409. The Balaban J connectivity index is 1.49. The SMILES string of the molecule is Cc1ccc(SC(C)C(=O)Nc2ccc(OC3CCN(C)CC3)cc2)cc1. The second-order valence-corrected chi connectivity index (χ2v) is 8.62. The van der Waals surface area contributed by atoms with E-state index < -0.39 is 0 Å². The second kappa shape index (κ2) is 9.29. The van der Waals surface area contributed by atoms with Crippen molar-refractivity contribution in [2.24, 2.45) is 0 Å². The molecule has 4 nitrogen and oxygen atoms in total. The summed E-state index contributed by atoms with van der Waals surface area (Å²) in [6.45, 7) is 6.15. The summed E-state index contributed by atoms with van der Waals surface area (Å²) in [6.07, 6.45) is 2.40. The quantitative estimate of drug-likeness (QED) is 0.740. The first-order valence-corrected chi connectivity index (χ1v) is 10.4. The van der Waals surface area contributed by atoms with E-state index in [2.05, 4.69) is 48.5 Å². The van der Waals surface area contributed by atoms with Crippen molar-refractivity contribution in [3.8, 4) is 5.75 Å². The molecule has 1 fully saturated rings. The molecule has 1 aliphatic heterocycles. The van der Waals surface area contributed by atoms with E-state index in [1.807, 2.05) is 31.2 Å². The van der Waals surface area contributed by atoms with Gasteiger partial charge in [0.2, 0.25) is 5.91 Å². The van der Waals surface area contributed by atoms with E-state index >= 15 is 0 Å². The molecule has 1 atom stereocenters. The van der Waals surface area contributed by atoms with Gasteiger partial charge in [-0.15, -0.1) is 11.8 Å². The molecule has 1 N–H and O–H groups in total. The van der Waals surface area contributed by atoms with Gasteiger partial charge in [0.05, 0.1) is 5.25 Å². The van der Waals surface area contributed by atoms with Gasteiger partial charge >= 0.3 is 0 Å². The molecular formula is C22H28N2O2S. The van der Waals surface area contributed by atoms with Crippen LogP contribution in [0.1, 0.15) is 25.3 Å². The fourth-order valence-corrected chi connectivity index (χ4v) is 3.90. The van der Waals surface area contributed by atoms with Crippen molar-refractivity contribution < 1.29 is 9.53 Å². The summed E-state index contributed by atoms with van der Waals surface area (Å²) in [7, 11) is 2.14. The molecule has 5 heteroatoms. The zero-order chi connectivity index (χ0) is 19.2. The zero-order valence-electron chi connectivity index (χ0n) is 16.3. The summed E-state index contributed by atoms with van der Waals surface area (Å²) in [4.78, 5) is 15.9. The van der Waals surface area contributed by atoms with Crippen LogP contribution in [0.25, 0.3) is 0 Å². The number of carbonyl (C=O) groups is 1. The average Bonchev–Trinajstić information content (AvgIpc) is 2.67.